The van der Waals surface area contributed by atoms with Gasteiger partial charge in [0.2, 0.25) is 0 Å². The van der Waals surface area contributed by atoms with E-state index in [1.54, 1.807) is 4.90 Å². The number of rotatable bonds is 2. The molecule has 1 fully saturated rings. The summed E-state index contributed by atoms with van der Waals surface area (Å²) in [6, 6.07) is 7.75. The number of carbonyl (C=O) groups is 1. The molecule has 0 unspecified atom stereocenters. The Bertz CT molecular complexity index is 424. The lowest BCUT2D eigenvalue weighted by Gasteiger charge is -2.20. The third-order valence-corrected chi connectivity index (χ3v) is 3.34. The van der Waals surface area contributed by atoms with Gasteiger partial charge in [0.15, 0.2) is 0 Å². The molecule has 1 N–H and O–H groups in total. The van der Waals surface area contributed by atoms with Crippen LogP contribution in [0.15, 0.2) is 24.3 Å². The Balaban J connectivity index is 2.05. The molecule has 4 heteroatoms. The van der Waals surface area contributed by atoms with Crippen molar-refractivity contribution in [3.8, 4) is 5.75 Å². The van der Waals surface area contributed by atoms with Crippen LogP contribution < -0.4 is 10.1 Å². The van der Waals surface area contributed by atoms with Gasteiger partial charge in [-0.25, -0.2) is 4.79 Å². The summed E-state index contributed by atoms with van der Waals surface area (Å²) in [5.41, 5.74) is 1.07. The van der Waals surface area contributed by atoms with E-state index >= 15 is 0 Å². The van der Waals surface area contributed by atoms with Crippen LogP contribution >= 0.6 is 0 Å². The number of hydrogen-bond acceptors (Lipinski definition) is 3. The van der Waals surface area contributed by atoms with Gasteiger partial charge in [0, 0.05) is 19.6 Å². The minimum atomic E-state index is -0.239. The van der Waals surface area contributed by atoms with E-state index in [0.717, 1.165) is 31.6 Å². The predicted octanol–water partition coefficient (Wildman–Crippen LogP) is 2.60. The monoisotopic (exact) mass is 262 g/mol. The smallest absolute Gasteiger partial charge is 0.410 e. The van der Waals surface area contributed by atoms with Crippen LogP contribution in [-0.2, 0) is 0 Å². The fourth-order valence-electron chi connectivity index (χ4n) is 2.24. The van der Waals surface area contributed by atoms with Gasteiger partial charge in [0.25, 0.3) is 0 Å². The SMILES string of the molecule is CC(C)c1ccccc1OC(=O)N1CCCNCC1. The number of para-hydroxylation sites is 1. The molecule has 1 heterocycles. The Morgan fingerprint density at radius 1 is 1.26 bits per heavy atom. The lowest BCUT2D eigenvalue weighted by atomic mass is 10.0. The van der Waals surface area contributed by atoms with Crippen LogP contribution in [0.3, 0.4) is 0 Å². The number of benzene rings is 1. The number of carbonyl (C=O) groups excluding carboxylic acids is 1. The highest BCUT2D eigenvalue weighted by atomic mass is 16.6. The van der Waals surface area contributed by atoms with Crippen LogP contribution in [0.1, 0.15) is 31.7 Å². The largest absolute Gasteiger partial charge is 0.415 e. The molecule has 1 aromatic rings. The molecule has 0 spiro atoms. The van der Waals surface area contributed by atoms with Crippen molar-refractivity contribution in [1.29, 1.82) is 0 Å². The molecule has 2 rings (SSSR count). The van der Waals surface area contributed by atoms with Gasteiger partial charge in [0.05, 0.1) is 0 Å². The topological polar surface area (TPSA) is 41.6 Å². The van der Waals surface area contributed by atoms with Gasteiger partial charge >= 0.3 is 6.09 Å². The summed E-state index contributed by atoms with van der Waals surface area (Å²) in [7, 11) is 0. The number of nitrogens with one attached hydrogen (secondary N) is 1. The molecule has 104 valence electrons. The Hall–Kier alpha value is -1.55. The number of hydrogen-bond donors (Lipinski definition) is 1. The first-order chi connectivity index (χ1) is 9.18. The Morgan fingerprint density at radius 2 is 2.05 bits per heavy atom. The molecular formula is C15H22N2O2. The number of amides is 1. The molecule has 0 aliphatic carbocycles. The quantitative estimate of drug-likeness (QED) is 0.890. The van der Waals surface area contributed by atoms with Crippen molar-refractivity contribution in [2.24, 2.45) is 0 Å². The maximum Gasteiger partial charge on any atom is 0.415 e. The maximum atomic E-state index is 12.2. The Morgan fingerprint density at radius 3 is 2.84 bits per heavy atom. The van der Waals surface area contributed by atoms with Gasteiger partial charge < -0.3 is 15.0 Å². The highest BCUT2D eigenvalue weighted by Crippen LogP contribution is 2.26. The minimum absolute atomic E-state index is 0.239. The molecule has 1 saturated heterocycles. The van der Waals surface area contributed by atoms with Crippen molar-refractivity contribution in [3.05, 3.63) is 29.8 Å². The van der Waals surface area contributed by atoms with Crippen LogP contribution in [0.5, 0.6) is 5.75 Å². The fraction of sp³-hybridized carbons (Fsp3) is 0.533. The van der Waals surface area contributed by atoms with Crippen LogP contribution in [0.2, 0.25) is 0 Å². The minimum Gasteiger partial charge on any atom is -0.410 e. The van der Waals surface area contributed by atoms with Gasteiger partial charge in [0.1, 0.15) is 5.75 Å². The van der Waals surface area contributed by atoms with E-state index in [4.69, 9.17) is 4.74 Å². The molecule has 0 saturated carbocycles. The number of ether oxygens (including phenoxy) is 1. The molecule has 1 aromatic carbocycles. The molecule has 4 nitrogen and oxygen atoms in total. The third-order valence-electron chi connectivity index (χ3n) is 3.34. The Kier molecular flexibility index (Phi) is 4.80. The van der Waals surface area contributed by atoms with Crippen LogP contribution in [0.25, 0.3) is 0 Å². The zero-order chi connectivity index (χ0) is 13.7. The molecule has 1 aliphatic heterocycles. The average molecular weight is 262 g/mol. The third kappa shape index (κ3) is 3.70. The van der Waals surface area contributed by atoms with E-state index in [2.05, 4.69) is 19.2 Å². The average Bonchev–Trinajstić information content (AvgIpc) is 2.68. The van der Waals surface area contributed by atoms with Crippen molar-refractivity contribution >= 4 is 6.09 Å². The summed E-state index contributed by atoms with van der Waals surface area (Å²) in [6.45, 7) is 7.47. The molecule has 1 aliphatic rings. The summed E-state index contributed by atoms with van der Waals surface area (Å²) >= 11 is 0. The zero-order valence-electron chi connectivity index (χ0n) is 11.7. The van der Waals surface area contributed by atoms with Crippen LogP contribution in [0.4, 0.5) is 4.79 Å². The highest BCUT2D eigenvalue weighted by Gasteiger charge is 2.18. The summed E-state index contributed by atoms with van der Waals surface area (Å²) in [6.07, 6.45) is 0.734. The number of nitrogens with zero attached hydrogens (tertiary/aromatic N) is 1. The molecule has 0 bridgehead atoms. The van der Waals surface area contributed by atoms with E-state index in [9.17, 15) is 4.79 Å². The molecule has 0 radical (unpaired) electrons. The summed E-state index contributed by atoms with van der Waals surface area (Å²) in [5, 5.41) is 3.28. The van der Waals surface area contributed by atoms with Crippen LogP contribution in [-0.4, -0.2) is 37.2 Å². The van der Waals surface area contributed by atoms with Gasteiger partial charge in [-0.2, -0.15) is 0 Å². The first kappa shape index (κ1) is 13.9. The van der Waals surface area contributed by atoms with E-state index in [0.29, 0.717) is 18.2 Å². The van der Waals surface area contributed by atoms with Crippen molar-refractivity contribution in [1.82, 2.24) is 10.2 Å². The van der Waals surface area contributed by atoms with E-state index in [1.165, 1.54) is 0 Å². The second kappa shape index (κ2) is 6.57. The van der Waals surface area contributed by atoms with Gasteiger partial charge in [-0.05, 0) is 30.5 Å². The first-order valence-electron chi connectivity index (χ1n) is 6.95. The molecule has 0 atom stereocenters. The first-order valence-corrected chi connectivity index (χ1v) is 6.95. The van der Waals surface area contributed by atoms with Gasteiger partial charge in [-0.1, -0.05) is 32.0 Å². The van der Waals surface area contributed by atoms with Gasteiger partial charge in [-0.15, -0.1) is 0 Å². The lowest BCUT2D eigenvalue weighted by molar-refractivity contribution is 0.155. The van der Waals surface area contributed by atoms with Crippen LogP contribution in [0, 0.1) is 0 Å². The highest BCUT2D eigenvalue weighted by molar-refractivity contribution is 5.71. The van der Waals surface area contributed by atoms with Crippen molar-refractivity contribution in [2.75, 3.05) is 26.2 Å². The lowest BCUT2D eigenvalue weighted by Crippen LogP contribution is -2.36. The second-order valence-corrected chi connectivity index (χ2v) is 5.15. The molecule has 1 amide bonds. The molecule has 19 heavy (non-hydrogen) atoms. The molecule has 0 aromatic heterocycles. The van der Waals surface area contributed by atoms with E-state index < -0.39 is 0 Å². The van der Waals surface area contributed by atoms with E-state index in [-0.39, 0.29) is 6.09 Å². The van der Waals surface area contributed by atoms with Crippen molar-refractivity contribution in [2.45, 2.75) is 26.2 Å². The molecular weight excluding hydrogens is 240 g/mol. The standard InChI is InChI=1S/C15H22N2O2/c1-12(2)13-6-3-4-7-14(13)19-15(18)17-10-5-8-16-9-11-17/h3-4,6-7,12,16H,5,8-11H2,1-2H3. The van der Waals surface area contributed by atoms with Gasteiger partial charge in [-0.3, -0.25) is 0 Å². The van der Waals surface area contributed by atoms with E-state index in [1.807, 2.05) is 24.3 Å². The summed E-state index contributed by atoms with van der Waals surface area (Å²) in [5.74, 6) is 1.02. The van der Waals surface area contributed by atoms with Crippen molar-refractivity contribution < 1.29 is 9.53 Å². The predicted molar refractivity (Wildman–Crippen MR) is 75.6 cm³/mol. The maximum absolute atomic E-state index is 12.2. The zero-order valence-corrected chi connectivity index (χ0v) is 11.7. The summed E-state index contributed by atoms with van der Waals surface area (Å²) < 4.78 is 5.56. The Labute approximate surface area is 114 Å². The fourth-order valence-corrected chi connectivity index (χ4v) is 2.24. The van der Waals surface area contributed by atoms with Crippen molar-refractivity contribution in [3.63, 3.8) is 0 Å². The summed E-state index contributed by atoms with van der Waals surface area (Å²) in [4.78, 5) is 13.9. The normalized spacial score (nSPS) is 16.3. The second-order valence-electron chi connectivity index (χ2n) is 5.15.